The quantitative estimate of drug-likeness (QED) is 0.208. The lowest BCUT2D eigenvalue weighted by molar-refractivity contribution is -0.0903. The standard InChI is InChI=1S/C27H34FN3O3S/c1-4-7-20(19(5-2)10-11-21-17-33-14-15-34-21)16-30-23-12-13-29-18(3)25(23)27(35)31-24-9-6-8-22(28)26(24)32/h4-9,21,29-30,32H,1,3,10-17H2,2H3,(H,31,35)/b19-5-,20-7-. The lowest BCUT2D eigenvalue weighted by atomic mass is 9.97. The summed E-state index contributed by atoms with van der Waals surface area (Å²) in [7, 11) is 0. The van der Waals surface area contributed by atoms with Gasteiger partial charge in [0.25, 0.3) is 0 Å². The fourth-order valence-corrected chi connectivity index (χ4v) is 4.48. The van der Waals surface area contributed by atoms with Gasteiger partial charge in [-0.15, -0.1) is 0 Å². The summed E-state index contributed by atoms with van der Waals surface area (Å²) in [5.41, 5.74) is 4.85. The van der Waals surface area contributed by atoms with Crippen LogP contribution in [0.4, 0.5) is 10.1 Å². The monoisotopic (exact) mass is 499 g/mol. The Kier molecular flexibility index (Phi) is 10.1. The van der Waals surface area contributed by atoms with Gasteiger partial charge >= 0.3 is 0 Å². The van der Waals surface area contributed by atoms with Gasteiger partial charge in [0, 0.05) is 30.9 Å². The SMILES string of the molecule is C=C/C=C(CNC1=C(C(=S)Nc2cccc(F)c2O)C(=C)NCC1)\C(=C/C)CCC1COCCO1. The van der Waals surface area contributed by atoms with Crippen LogP contribution in [-0.4, -0.2) is 49.1 Å². The van der Waals surface area contributed by atoms with Crippen molar-refractivity contribution in [2.24, 2.45) is 0 Å². The number of aromatic hydroxyl groups is 1. The van der Waals surface area contributed by atoms with Gasteiger partial charge in [0.15, 0.2) is 11.6 Å². The highest BCUT2D eigenvalue weighted by molar-refractivity contribution is 7.81. The molecule has 0 spiro atoms. The second kappa shape index (κ2) is 13.2. The van der Waals surface area contributed by atoms with Crippen LogP contribution in [0, 0.1) is 5.82 Å². The maximum absolute atomic E-state index is 13.8. The van der Waals surface area contributed by atoms with E-state index in [9.17, 15) is 9.50 Å². The third kappa shape index (κ3) is 7.27. The number of halogens is 1. The summed E-state index contributed by atoms with van der Waals surface area (Å²) < 4.78 is 25.1. The van der Waals surface area contributed by atoms with Crippen LogP contribution in [0.25, 0.3) is 0 Å². The van der Waals surface area contributed by atoms with Gasteiger partial charge in [0.05, 0.1) is 37.2 Å². The molecule has 0 amide bonds. The van der Waals surface area contributed by atoms with E-state index in [2.05, 4.69) is 35.2 Å². The predicted molar refractivity (Wildman–Crippen MR) is 143 cm³/mol. The number of anilines is 1. The van der Waals surface area contributed by atoms with Crippen LogP contribution in [0.3, 0.4) is 0 Å². The molecule has 1 unspecified atom stereocenters. The zero-order valence-corrected chi connectivity index (χ0v) is 21.0. The third-order valence-corrected chi connectivity index (χ3v) is 6.28. The number of phenols is 1. The molecule has 1 saturated heterocycles. The van der Waals surface area contributed by atoms with E-state index in [0.717, 1.165) is 24.1 Å². The van der Waals surface area contributed by atoms with E-state index in [0.29, 0.717) is 55.6 Å². The van der Waals surface area contributed by atoms with E-state index < -0.39 is 11.6 Å². The molecule has 3 rings (SSSR count). The molecule has 0 bridgehead atoms. The average molecular weight is 500 g/mol. The molecule has 0 saturated carbocycles. The largest absolute Gasteiger partial charge is 0.503 e. The van der Waals surface area contributed by atoms with E-state index in [1.54, 1.807) is 12.1 Å². The smallest absolute Gasteiger partial charge is 0.175 e. The maximum atomic E-state index is 13.8. The van der Waals surface area contributed by atoms with Gasteiger partial charge in [-0.3, -0.25) is 0 Å². The van der Waals surface area contributed by atoms with Gasteiger partial charge in [-0.25, -0.2) is 4.39 Å². The molecule has 0 aromatic heterocycles. The van der Waals surface area contributed by atoms with Crippen molar-refractivity contribution in [3.8, 4) is 5.75 Å². The topological polar surface area (TPSA) is 74.8 Å². The summed E-state index contributed by atoms with van der Waals surface area (Å²) in [6.45, 7) is 13.2. The number of rotatable bonds is 10. The van der Waals surface area contributed by atoms with Crippen LogP contribution in [0.2, 0.25) is 0 Å². The second-order valence-corrected chi connectivity index (χ2v) is 8.71. The van der Waals surface area contributed by atoms with Crippen molar-refractivity contribution >= 4 is 22.9 Å². The zero-order valence-electron chi connectivity index (χ0n) is 20.2. The van der Waals surface area contributed by atoms with Gasteiger partial charge in [-0.05, 0) is 43.0 Å². The number of phenolic OH excluding ortho intramolecular Hbond substituents is 1. The summed E-state index contributed by atoms with van der Waals surface area (Å²) >= 11 is 5.62. The molecule has 188 valence electrons. The van der Waals surface area contributed by atoms with Crippen LogP contribution in [0.5, 0.6) is 5.75 Å². The lowest BCUT2D eigenvalue weighted by Gasteiger charge is -2.27. The van der Waals surface area contributed by atoms with Crippen LogP contribution in [0.15, 0.2) is 77.7 Å². The fraction of sp³-hybridized carbons (Fsp3) is 0.370. The number of ether oxygens (including phenoxy) is 2. The summed E-state index contributed by atoms with van der Waals surface area (Å²) in [6, 6.07) is 4.27. The molecular weight excluding hydrogens is 465 g/mol. The lowest BCUT2D eigenvalue weighted by Crippen LogP contribution is -2.34. The van der Waals surface area contributed by atoms with Gasteiger partial charge < -0.3 is 30.5 Å². The van der Waals surface area contributed by atoms with Crippen LogP contribution in [0.1, 0.15) is 26.2 Å². The Balaban J connectivity index is 1.73. The molecule has 1 aromatic rings. The Morgan fingerprint density at radius 1 is 1.34 bits per heavy atom. The number of thiocarbonyl (C=S) groups is 1. The molecule has 1 aromatic carbocycles. The van der Waals surface area contributed by atoms with E-state index in [-0.39, 0.29) is 11.8 Å². The normalized spacial score (nSPS) is 19.3. The first-order chi connectivity index (χ1) is 16.9. The van der Waals surface area contributed by atoms with Crippen molar-refractivity contribution < 1.29 is 19.0 Å². The maximum Gasteiger partial charge on any atom is 0.175 e. The minimum Gasteiger partial charge on any atom is -0.503 e. The van der Waals surface area contributed by atoms with Crippen LogP contribution in [-0.2, 0) is 9.47 Å². The Hall–Kier alpha value is -2.94. The Morgan fingerprint density at radius 3 is 2.89 bits per heavy atom. The van der Waals surface area contributed by atoms with Gasteiger partial charge in [-0.1, -0.05) is 49.7 Å². The molecule has 0 aliphatic carbocycles. The first-order valence-electron chi connectivity index (χ1n) is 11.8. The molecule has 35 heavy (non-hydrogen) atoms. The molecule has 1 fully saturated rings. The minimum atomic E-state index is -0.714. The zero-order chi connectivity index (χ0) is 25.2. The molecule has 0 radical (unpaired) electrons. The summed E-state index contributed by atoms with van der Waals surface area (Å²) in [6.07, 6.45) is 8.50. The van der Waals surface area contributed by atoms with Gasteiger partial charge in [0.1, 0.15) is 4.99 Å². The minimum absolute atomic E-state index is 0.112. The summed E-state index contributed by atoms with van der Waals surface area (Å²) in [4.78, 5) is 0.348. The molecule has 2 aliphatic rings. The fourth-order valence-electron chi connectivity index (χ4n) is 4.12. The number of hydrogen-bond donors (Lipinski definition) is 4. The molecule has 8 heteroatoms. The van der Waals surface area contributed by atoms with E-state index in [1.807, 2.05) is 13.0 Å². The Bertz CT molecular complexity index is 1040. The molecule has 1 atom stereocenters. The predicted octanol–water partition coefficient (Wildman–Crippen LogP) is 4.88. The molecule has 6 nitrogen and oxygen atoms in total. The van der Waals surface area contributed by atoms with Crippen LogP contribution >= 0.6 is 12.2 Å². The highest BCUT2D eigenvalue weighted by Gasteiger charge is 2.22. The number of benzene rings is 1. The number of nitrogens with one attached hydrogen (secondary N) is 3. The van der Waals surface area contributed by atoms with E-state index >= 15 is 0 Å². The van der Waals surface area contributed by atoms with Crippen molar-refractivity contribution in [1.29, 1.82) is 0 Å². The van der Waals surface area contributed by atoms with E-state index in [4.69, 9.17) is 21.7 Å². The molecule has 2 aliphatic heterocycles. The summed E-state index contributed by atoms with van der Waals surface area (Å²) in [5, 5.41) is 19.8. The van der Waals surface area contributed by atoms with E-state index in [1.165, 1.54) is 17.7 Å². The Morgan fingerprint density at radius 2 is 2.17 bits per heavy atom. The second-order valence-electron chi connectivity index (χ2n) is 8.30. The van der Waals surface area contributed by atoms with Gasteiger partial charge in [-0.2, -0.15) is 0 Å². The first kappa shape index (κ1) is 26.7. The highest BCUT2D eigenvalue weighted by Crippen LogP contribution is 2.28. The number of hydrogen-bond acceptors (Lipinski definition) is 6. The molecule has 4 N–H and O–H groups in total. The average Bonchev–Trinajstić information content (AvgIpc) is 2.86. The highest BCUT2D eigenvalue weighted by atomic mass is 32.1. The first-order valence-corrected chi connectivity index (χ1v) is 12.2. The number of allylic oxidation sites excluding steroid dienone is 3. The Labute approximate surface area is 212 Å². The molecule has 2 heterocycles. The van der Waals surface area contributed by atoms with Gasteiger partial charge in [0.2, 0.25) is 0 Å². The van der Waals surface area contributed by atoms with Crippen molar-refractivity contribution in [3.63, 3.8) is 0 Å². The number of para-hydroxylation sites is 1. The van der Waals surface area contributed by atoms with Crippen molar-refractivity contribution in [2.45, 2.75) is 32.3 Å². The third-order valence-electron chi connectivity index (χ3n) is 5.97. The van der Waals surface area contributed by atoms with Crippen molar-refractivity contribution in [1.82, 2.24) is 10.6 Å². The molecular formula is C27H34FN3O3S. The van der Waals surface area contributed by atoms with Crippen LogP contribution < -0.4 is 16.0 Å². The van der Waals surface area contributed by atoms with Crippen molar-refractivity contribution in [2.75, 3.05) is 38.2 Å². The summed E-state index contributed by atoms with van der Waals surface area (Å²) in [5.74, 6) is -1.19. The van der Waals surface area contributed by atoms with Crippen molar-refractivity contribution in [3.05, 3.63) is 83.5 Å².